The standard InChI is InChI=1S/C14H23NO/c1-6-14(7-2,8-3)15-11(4)9-13(10-16)12(15)5/h9-10H,6-8H2,1-5H3. The zero-order chi connectivity index (χ0) is 12.3. The summed E-state index contributed by atoms with van der Waals surface area (Å²) in [5.41, 5.74) is 3.32. The maximum Gasteiger partial charge on any atom is 0.151 e. The van der Waals surface area contributed by atoms with E-state index < -0.39 is 0 Å². The van der Waals surface area contributed by atoms with Crippen LogP contribution in [-0.4, -0.2) is 10.9 Å². The lowest BCUT2D eigenvalue weighted by Crippen LogP contribution is -2.33. The van der Waals surface area contributed by atoms with E-state index in [1.165, 1.54) is 5.69 Å². The molecule has 1 aromatic heterocycles. The molecule has 2 nitrogen and oxygen atoms in total. The van der Waals surface area contributed by atoms with Crippen LogP contribution in [0.25, 0.3) is 0 Å². The maximum atomic E-state index is 11.0. The number of carbonyl (C=O) groups is 1. The van der Waals surface area contributed by atoms with Crippen LogP contribution in [0.3, 0.4) is 0 Å². The second kappa shape index (κ2) is 4.86. The summed E-state index contributed by atoms with van der Waals surface area (Å²) in [6, 6.07) is 2.00. The quantitative estimate of drug-likeness (QED) is 0.692. The van der Waals surface area contributed by atoms with Gasteiger partial charge in [0.05, 0.1) is 0 Å². The minimum absolute atomic E-state index is 0.176. The number of aldehydes is 1. The minimum Gasteiger partial charge on any atom is -0.342 e. The van der Waals surface area contributed by atoms with Gasteiger partial charge in [-0.15, -0.1) is 0 Å². The first kappa shape index (κ1) is 13.0. The fourth-order valence-electron chi connectivity index (χ4n) is 2.86. The van der Waals surface area contributed by atoms with Crippen molar-refractivity contribution in [2.24, 2.45) is 0 Å². The van der Waals surface area contributed by atoms with E-state index in [-0.39, 0.29) is 5.54 Å². The van der Waals surface area contributed by atoms with Crippen LogP contribution in [0.2, 0.25) is 0 Å². The lowest BCUT2D eigenvalue weighted by Gasteiger charge is -2.35. The highest BCUT2D eigenvalue weighted by Gasteiger charge is 2.29. The molecule has 0 unspecified atom stereocenters. The van der Waals surface area contributed by atoms with Crippen molar-refractivity contribution in [2.75, 3.05) is 0 Å². The third kappa shape index (κ3) is 1.81. The molecule has 0 amide bonds. The van der Waals surface area contributed by atoms with Crippen molar-refractivity contribution in [3.8, 4) is 0 Å². The first-order valence-electron chi connectivity index (χ1n) is 6.20. The molecule has 0 atom stereocenters. The van der Waals surface area contributed by atoms with E-state index in [9.17, 15) is 4.79 Å². The molecule has 0 aliphatic heterocycles. The molecule has 0 saturated heterocycles. The van der Waals surface area contributed by atoms with Crippen LogP contribution in [0.5, 0.6) is 0 Å². The molecule has 0 aromatic carbocycles. The molecule has 0 spiro atoms. The van der Waals surface area contributed by atoms with Crippen LogP contribution in [0.1, 0.15) is 61.8 Å². The summed E-state index contributed by atoms with van der Waals surface area (Å²) >= 11 is 0. The molecular formula is C14H23NO. The van der Waals surface area contributed by atoms with Gasteiger partial charge in [-0.05, 0) is 39.2 Å². The molecule has 0 bridgehead atoms. The van der Waals surface area contributed by atoms with Gasteiger partial charge in [0.1, 0.15) is 0 Å². The largest absolute Gasteiger partial charge is 0.342 e. The summed E-state index contributed by atoms with van der Waals surface area (Å²) in [6.45, 7) is 10.8. The molecule has 1 aromatic rings. The smallest absolute Gasteiger partial charge is 0.151 e. The van der Waals surface area contributed by atoms with Crippen molar-refractivity contribution in [3.05, 3.63) is 23.0 Å². The van der Waals surface area contributed by atoms with Crippen molar-refractivity contribution < 1.29 is 4.79 Å². The molecule has 0 fully saturated rings. The summed E-state index contributed by atoms with van der Waals surface area (Å²) in [4.78, 5) is 11.0. The number of aromatic nitrogens is 1. The summed E-state index contributed by atoms with van der Waals surface area (Å²) in [5, 5.41) is 0. The number of hydrogen-bond donors (Lipinski definition) is 0. The summed E-state index contributed by atoms with van der Waals surface area (Å²) in [7, 11) is 0. The van der Waals surface area contributed by atoms with Crippen LogP contribution in [0.4, 0.5) is 0 Å². The van der Waals surface area contributed by atoms with Crippen LogP contribution >= 0.6 is 0 Å². The molecular weight excluding hydrogens is 198 g/mol. The highest BCUT2D eigenvalue weighted by atomic mass is 16.1. The van der Waals surface area contributed by atoms with Gasteiger partial charge in [0, 0.05) is 22.5 Å². The lowest BCUT2D eigenvalue weighted by molar-refractivity contribution is 0.112. The van der Waals surface area contributed by atoms with Crippen molar-refractivity contribution in [1.82, 2.24) is 4.57 Å². The second-order valence-electron chi connectivity index (χ2n) is 4.56. The molecule has 90 valence electrons. The Morgan fingerprint density at radius 1 is 1.19 bits per heavy atom. The second-order valence-corrected chi connectivity index (χ2v) is 4.56. The fraction of sp³-hybridized carbons (Fsp3) is 0.643. The molecule has 1 heterocycles. The molecule has 0 aliphatic rings. The van der Waals surface area contributed by atoms with E-state index >= 15 is 0 Å². The van der Waals surface area contributed by atoms with Crippen LogP contribution < -0.4 is 0 Å². The van der Waals surface area contributed by atoms with E-state index in [2.05, 4.69) is 32.3 Å². The third-order valence-electron chi connectivity index (χ3n) is 4.05. The van der Waals surface area contributed by atoms with E-state index in [1.54, 1.807) is 0 Å². The van der Waals surface area contributed by atoms with Crippen molar-refractivity contribution in [1.29, 1.82) is 0 Å². The SMILES string of the molecule is CCC(CC)(CC)n1c(C)cc(C=O)c1C. The van der Waals surface area contributed by atoms with E-state index in [0.29, 0.717) is 0 Å². The van der Waals surface area contributed by atoms with Crippen molar-refractivity contribution >= 4 is 6.29 Å². The van der Waals surface area contributed by atoms with Gasteiger partial charge in [0.25, 0.3) is 0 Å². The lowest BCUT2D eigenvalue weighted by atomic mass is 9.89. The molecule has 16 heavy (non-hydrogen) atoms. The van der Waals surface area contributed by atoms with Crippen molar-refractivity contribution in [3.63, 3.8) is 0 Å². The topological polar surface area (TPSA) is 22.0 Å². The Balaban J connectivity index is 3.40. The Hall–Kier alpha value is -1.05. The number of aryl methyl sites for hydroxylation is 1. The predicted octanol–water partition coefficient (Wildman–Crippen LogP) is 3.84. The zero-order valence-corrected chi connectivity index (χ0v) is 11.1. The van der Waals surface area contributed by atoms with E-state index in [1.807, 2.05) is 13.0 Å². The maximum absolute atomic E-state index is 11.0. The molecule has 1 rings (SSSR count). The van der Waals surface area contributed by atoms with Gasteiger partial charge in [-0.1, -0.05) is 20.8 Å². The highest BCUT2D eigenvalue weighted by Crippen LogP contribution is 2.33. The highest BCUT2D eigenvalue weighted by molar-refractivity contribution is 5.77. The Morgan fingerprint density at radius 3 is 2.00 bits per heavy atom. The van der Waals surface area contributed by atoms with Gasteiger partial charge in [-0.3, -0.25) is 4.79 Å². The average molecular weight is 221 g/mol. The number of nitrogens with zero attached hydrogens (tertiary/aromatic N) is 1. The molecule has 0 aliphatic carbocycles. The van der Waals surface area contributed by atoms with Gasteiger partial charge in [-0.25, -0.2) is 0 Å². The van der Waals surface area contributed by atoms with Crippen LogP contribution in [-0.2, 0) is 5.54 Å². The average Bonchev–Trinajstić information content (AvgIpc) is 2.59. The summed E-state index contributed by atoms with van der Waals surface area (Å²) in [6.07, 6.45) is 4.28. The monoisotopic (exact) mass is 221 g/mol. The van der Waals surface area contributed by atoms with Gasteiger partial charge in [0.15, 0.2) is 6.29 Å². The minimum atomic E-state index is 0.176. The van der Waals surface area contributed by atoms with Gasteiger partial charge < -0.3 is 4.57 Å². The predicted molar refractivity (Wildman–Crippen MR) is 68.1 cm³/mol. The van der Waals surface area contributed by atoms with Crippen LogP contribution in [0.15, 0.2) is 6.07 Å². The number of rotatable bonds is 5. The Morgan fingerprint density at radius 2 is 1.69 bits per heavy atom. The first-order valence-corrected chi connectivity index (χ1v) is 6.20. The van der Waals surface area contributed by atoms with Gasteiger partial charge >= 0.3 is 0 Å². The van der Waals surface area contributed by atoms with Crippen LogP contribution in [0, 0.1) is 13.8 Å². The van der Waals surface area contributed by atoms with E-state index in [4.69, 9.17) is 0 Å². The Labute approximate surface area is 98.7 Å². The Kier molecular flexibility index (Phi) is 3.95. The van der Waals surface area contributed by atoms with Gasteiger partial charge in [0.2, 0.25) is 0 Å². The summed E-state index contributed by atoms with van der Waals surface area (Å²) < 4.78 is 2.36. The molecule has 0 N–H and O–H groups in total. The number of hydrogen-bond acceptors (Lipinski definition) is 1. The van der Waals surface area contributed by atoms with Crippen molar-refractivity contribution in [2.45, 2.75) is 59.4 Å². The molecule has 0 saturated carbocycles. The normalized spacial score (nSPS) is 11.8. The fourth-order valence-corrected chi connectivity index (χ4v) is 2.86. The number of carbonyl (C=O) groups excluding carboxylic acids is 1. The molecule has 0 radical (unpaired) electrons. The third-order valence-corrected chi connectivity index (χ3v) is 4.05. The van der Waals surface area contributed by atoms with Gasteiger partial charge in [-0.2, -0.15) is 0 Å². The molecule has 2 heteroatoms. The first-order chi connectivity index (χ1) is 7.56. The Bertz CT molecular complexity index is 364. The summed E-state index contributed by atoms with van der Waals surface area (Å²) in [5.74, 6) is 0. The van der Waals surface area contributed by atoms with E-state index in [0.717, 1.165) is 36.8 Å². The zero-order valence-electron chi connectivity index (χ0n) is 11.1.